The maximum atomic E-state index is 12.7. The summed E-state index contributed by atoms with van der Waals surface area (Å²) in [6.45, 7) is 4.30. The van der Waals surface area contributed by atoms with Crippen LogP contribution < -0.4 is 5.56 Å². The van der Waals surface area contributed by atoms with E-state index in [4.69, 9.17) is 4.74 Å². The van der Waals surface area contributed by atoms with Crippen molar-refractivity contribution in [2.75, 3.05) is 26.3 Å². The van der Waals surface area contributed by atoms with E-state index in [9.17, 15) is 9.59 Å². The minimum atomic E-state index is -0.163. The average molecular weight is 359 g/mol. The van der Waals surface area contributed by atoms with Gasteiger partial charge in [0.1, 0.15) is 0 Å². The van der Waals surface area contributed by atoms with Crippen LogP contribution in [0.1, 0.15) is 23.4 Å². The van der Waals surface area contributed by atoms with E-state index in [0.717, 1.165) is 17.0 Å². The Bertz CT molecular complexity index is 813. The van der Waals surface area contributed by atoms with Crippen LogP contribution in [0.2, 0.25) is 0 Å². The number of ether oxygens (including phenoxy) is 1. The van der Waals surface area contributed by atoms with E-state index in [2.05, 4.69) is 15.1 Å². The van der Waals surface area contributed by atoms with Gasteiger partial charge >= 0.3 is 0 Å². The number of H-pyrrole nitrogens is 1. The van der Waals surface area contributed by atoms with E-state index >= 15 is 0 Å². The van der Waals surface area contributed by atoms with Crippen LogP contribution in [0, 0.1) is 12.8 Å². The highest BCUT2D eigenvalue weighted by atomic mass is 16.5. The predicted octanol–water partition coefficient (Wildman–Crippen LogP) is 0.462. The van der Waals surface area contributed by atoms with Crippen LogP contribution in [0.15, 0.2) is 23.4 Å². The molecule has 2 aromatic heterocycles. The summed E-state index contributed by atoms with van der Waals surface area (Å²) in [7, 11) is 1.89. The molecular formula is C18H25N5O3. The average Bonchev–Trinajstić information content (AvgIpc) is 2.79. The summed E-state index contributed by atoms with van der Waals surface area (Å²) in [5.74, 6) is 0.262. The summed E-state index contributed by atoms with van der Waals surface area (Å²) < 4.78 is 7.43. The van der Waals surface area contributed by atoms with Crippen molar-refractivity contribution in [2.45, 2.75) is 26.2 Å². The fourth-order valence-electron chi connectivity index (χ4n) is 3.34. The summed E-state index contributed by atoms with van der Waals surface area (Å²) in [6, 6.07) is 1.50. The second-order valence-electron chi connectivity index (χ2n) is 6.80. The zero-order valence-corrected chi connectivity index (χ0v) is 15.3. The largest absolute Gasteiger partial charge is 0.379 e. The van der Waals surface area contributed by atoms with Crippen LogP contribution in [0.25, 0.3) is 0 Å². The minimum Gasteiger partial charge on any atom is -0.379 e. The topological polar surface area (TPSA) is 93.1 Å². The molecule has 1 atom stereocenters. The van der Waals surface area contributed by atoms with E-state index in [1.165, 1.54) is 12.4 Å². The van der Waals surface area contributed by atoms with Crippen molar-refractivity contribution >= 4 is 5.91 Å². The van der Waals surface area contributed by atoms with Crippen molar-refractivity contribution in [1.29, 1.82) is 0 Å². The third-order valence-electron chi connectivity index (χ3n) is 4.65. The lowest BCUT2D eigenvalue weighted by molar-refractivity contribution is -0.131. The number of nitrogens with one attached hydrogen (secondary N) is 1. The Morgan fingerprint density at radius 1 is 1.46 bits per heavy atom. The maximum Gasteiger partial charge on any atom is 0.250 e. The van der Waals surface area contributed by atoms with Crippen molar-refractivity contribution < 1.29 is 9.53 Å². The SMILES string of the molecule is Cc1nn(C)cc1CCC(=O)N1CCOC[C@@H](Cc2cc(=O)[nH]cn2)C1. The first-order valence-electron chi connectivity index (χ1n) is 8.89. The molecule has 0 spiro atoms. The van der Waals surface area contributed by atoms with Crippen molar-refractivity contribution in [3.63, 3.8) is 0 Å². The Kier molecular flexibility index (Phi) is 5.82. The van der Waals surface area contributed by atoms with E-state index in [0.29, 0.717) is 45.6 Å². The number of aromatic amines is 1. The van der Waals surface area contributed by atoms with Gasteiger partial charge in [-0.1, -0.05) is 0 Å². The molecule has 0 radical (unpaired) electrons. The Morgan fingerprint density at radius 2 is 2.31 bits per heavy atom. The molecule has 8 nitrogen and oxygen atoms in total. The lowest BCUT2D eigenvalue weighted by Crippen LogP contribution is -2.36. The number of aryl methyl sites for hydroxylation is 3. The summed E-state index contributed by atoms with van der Waals surface area (Å²) in [4.78, 5) is 32.7. The zero-order chi connectivity index (χ0) is 18.5. The molecule has 26 heavy (non-hydrogen) atoms. The fourth-order valence-corrected chi connectivity index (χ4v) is 3.34. The molecule has 1 fully saturated rings. The lowest BCUT2D eigenvalue weighted by Gasteiger charge is -2.23. The highest BCUT2D eigenvalue weighted by molar-refractivity contribution is 5.76. The van der Waals surface area contributed by atoms with Crippen LogP contribution in [0.4, 0.5) is 0 Å². The maximum absolute atomic E-state index is 12.7. The van der Waals surface area contributed by atoms with Gasteiger partial charge in [0.25, 0.3) is 5.56 Å². The highest BCUT2D eigenvalue weighted by Crippen LogP contribution is 2.14. The van der Waals surface area contributed by atoms with E-state index in [-0.39, 0.29) is 17.4 Å². The molecule has 1 amide bonds. The van der Waals surface area contributed by atoms with Gasteiger partial charge in [0, 0.05) is 50.4 Å². The normalized spacial score (nSPS) is 17.9. The van der Waals surface area contributed by atoms with Crippen molar-refractivity contribution in [2.24, 2.45) is 13.0 Å². The number of hydrogen-bond donors (Lipinski definition) is 1. The lowest BCUT2D eigenvalue weighted by atomic mass is 10.0. The molecule has 1 N–H and O–H groups in total. The number of carbonyl (C=O) groups excluding carboxylic acids is 1. The zero-order valence-electron chi connectivity index (χ0n) is 15.3. The molecule has 1 saturated heterocycles. The Hall–Kier alpha value is -2.48. The van der Waals surface area contributed by atoms with Crippen LogP contribution in [0.3, 0.4) is 0 Å². The van der Waals surface area contributed by atoms with Crippen molar-refractivity contribution in [3.8, 4) is 0 Å². The summed E-state index contributed by atoms with van der Waals surface area (Å²) in [5, 5.41) is 4.32. The molecule has 1 aliphatic heterocycles. The van der Waals surface area contributed by atoms with E-state index < -0.39 is 0 Å². The molecule has 3 heterocycles. The van der Waals surface area contributed by atoms with E-state index in [1.807, 2.05) is 25.1 Å². The molecule has 8 heteroatoms. The highest BCUT2D eigenvalue weighted by Gasteiger charge is 2.23. The van der Waals surface area contributed by atoms with Crippen LogP contribution in [-0.2, 0) is 29.4 Å². The Labute approximate surface area is 152 Å². The number of hydrogen-bond acceptors (Lipinski definition) is 5. The second-order valence-corrected chi connectivity index (χ2v) is 6.80. The van der Waals surface area contributed by atoms with Gasteiger partial charge in [0.2, 0.25) is 5.91 Å². The van der Waals surface area contributed by atoms with Gasteiger partial charge < -0.3 is 14.6 Å². The van der Waals surface area contributed by atoms with Crippen molar-refractivity contribution in [1.82, 2.24) is 24.6 Å². The molecule has 0 unspecified atom stereocenters. The van der Waals surface area contributed by atoms with Crippen LogP contribution in [-0.4, -0.2) is 56.9 Å². The van der Waals surface area contributed by atoms with Gasteiger partial charge in [-0.15, -0.1) is 0 Å². The summed E-state index contributed by atoms with van der Waals surface area (Å²) >= 11 is 0. The molecule has 0 aromatic carbocycles. The fraction of sp³-hybridized carbons (Fsp3) is 0.556. The number of rotatable bonds is 5. The van der Waals surface area contributed by atoms with Gasteiger partial charge in [-0.05, 0) is 25.3 Å². The molecule has 0 saturated carbocycles. The number of aromatic nitrogens is 4. The number of carbonyl (C=O) groups is 1. The van der Waals surface area contributed by atoms with Crippen molar-refractivity contribution in [3.05, 3.63) is 45.9 Å². The van der Waals surface area contributed by atoms with Crippen LogP contribution in [0.5, 0.6) is 0 Å². The Balaban J connectivity index is 1.58. The van der Waals surface area contributed by atoms with E-state index in [1.54, 1.807) is 4.68 Å². The quantitative estimate of drug-likeness (QED) is 0.837. The van der Waals surface area contributed by atoms with Gasteiger partial charge in [0.15, 0.2) is 0 Å². The van der Waals surface area contributed by atoms with Gasteiger partial charge in [-0.3, -0.25) is 14.3 Å². The smallest absolute Gasteiger partial charge is 0.250 e. The number of amides is 1. The molecule has 3 rings (SSSR count). The molecule has 1 aliphatic rings. The molecule has 0 bridgehead atoms. The predicted molar refractivity (Wildman–Crippen MR) is 95.7 cm³/mol. The van der Waals surface area contributed by atoms with Crippen LogP contribution >= 0.6 is 0 Å². The van der Waals surface area contributed by atoms with Gasteiger partial charge in [0.05, 0.1) is 25.2 Å². The summed E-state index contributed by atoms with van der Waals surface area (Å²) in [6.07, 6.45) is 5.15. The second kappa shape index (κ2) is 8.27. The standard InChI is InChI=1S/C18H25N5O3/c1-13-15(10-22(2)21-13)3-4-18(25)23-5-6-26-11-14(9-23)7-16-8-17(24)20-12-19-16/h8,10,12,14H,3-7,9,11H2,1-2H3,(H,19,20,24)/t14-/m0/s1. The monoisotopic (exact) mass is 359 g/mol. The minimum absolute atomic E-state index is 0.127. The first-order valence-corrected chi connectivity index (χ1v) is 8.89. The third kappa shape index (κ3) is 4.78. The summed E-state index contributed by atoms with van der Waals surface area (Å²) in [5.41, 5.74) is 2.64. The Morgan fingerprint density at radius 3 is 3.04 bits per heavy atom. The molecule has 0 aliphatic carbocycles. The molecule has 2 aromatic rings. The van der Waals surface area contributed by atoms with Gasteiger partial charge in [-0.2, -0.15) is 5.10 Å². The van der Waals surface area contributed by atoms with Gasteiger partial charge in [-0.25, -0.2) is 4.98 Å². The third-order valence-corrected chi connectivity index (χ3v) is 4.65. The first kappa shape index (κ1) is 18.3. The molecular weight excluding hydrogens is 334 g/mol. The number of nitrogens with zero attached hydrogens (tertiary/aromatic N) is 4. The first-order chi connectivity index (χ1) is 12.5. The molecule has 140 valence electrons.